The third kappa shape index (κ3) is 3.91. The molecule has 31 heavy (non-hydrogen) atoms. The number of furan rings is 1. The average molecular weight is 435 g/mol. The second-order valence-corrected chi connectivity index (χ2v) is 8.11. The molecule has 3 heterocycles. The number of fused-ring (bicyclic) bond motifs is 1. The Bertz CT molecular complexity index is 1180. The maximum atomic E-state index is 13.5. The minimum absolute atomic E-state index is 0.182. The van der Waals surface area contributed by atoms with Gasteiger partial charge in [-0.15, -0.1) is 10.2 Å². The van der Waals surface area contributed by atoms with Gasteiger partial charge in [0.15, 0.2) is 5.82 Å². The highest BCUT2D eigenvalue weighted by molar-refractivity contribution is 8.00. The normalized spacial score (nSPS) is 17.6. The monoisotopic (exact) mass is 435 g/mol. The molecule has 0 bridgehead atoms. The van der Waals surface area contributed by atoms with Crippen molar-refractivity contribution in [3.63, 3.8) is 0 Å². The third-order valence-electron chi connectivity index (χ3n) is 4.97. The lowest BCUT2D eigenvalue weighted by Crippen LogP contribution is -2.43. The van der Waals surface area contributed by atoms with Crippen molar-refractivity contribution in [3.05, 3.63) is 90.1 Å². The van der Waals surface area contributed by atoms with E-state index in [9.17, 15) is 9.18 Å². The van der Waals surface area contributed by atoms with E-state index in [1.165, 1.54) is 23.9 Å². The molecular weight excluding hydrogens is 417 g/mol. The van der Waals surface area contributed by atoms with Gasteiger partial charge in [0.25, 0.3) is 0 Å². The van der Waals surface area contributed by atoms with Gasteiger partial charge < -0.3 is 15.2 Å². The van der Waals surface area contributed by atoms with Crippen LogP contribution in [0.25, 0.3) is 11.4 Å². The van der Waals surface area contributed by atoms with Crippen molar-refractivity contribution >= 4 is 17.7 Å². The predicted octanol–water partition coefficient (Wildman–Crippen LogP) is 3.75. The molecule has 1 amide bonds. The summed E-state index contributed by atoms with van der Waals surface area (Å²) in [5.41, 5.74) is 5.05. The van der Waals surface area contributed by atoms with Crippen molar-refractivity contribution in [1.29, 1.82) is 0 Å². The van der Waals surface area contributed by atoms with Crippen LogP contribution < -0.4 is 10.7 Å². The molecule has 7 nitrogen and oxygen atoms in total. The molecule has 9 heteroatoms. The van der Waals surface area contributed by atoms with Crippen LogP contribution in [-0.4, -0.2) is 26.0 Å². The molecule has 1 aliphatic heterocycles. The molecule has 0 unspecified atom stereocenters. The van der Waals surface area contributed by atoms with E-state index in [4.69, 9.17) is 4.42 Å². The average Bonchev–Trinajstić information content (AvgIpc) is 3.47. The number of aromatic nitrogens is 3. The van der Waals surface area contributed by atoms with Crippen LogP contribution in [0.2, 0.25) is 0 Å². The molecule has 2 N–H and O–H groups in total. The smallest absolute Gasteiger partial charge is 0.236 e. The van der Waals surface area contributed by atoms with Crippen molar-refractivity contribution < 1.29 is 13.6 Å². The number of rotatable bonds is 5. The molecule has 0 saturated heterocycles. The van der Waals surface area contributed by atoms with Crippen molar-refractivity contribution in [2.24, 2.45) is 0 Å². The lowest BCUT2D eigenvalue weighted by atomic mass is 10.0. The van der Waals surface area contributed by atoms with E-state index in [1.807, 2.05) is 30.3 Å². The lowest BCUT2D eigenvalue weighted by Gasteiger charge is -2.33. The second-order valence-electron chi connectivity index (χ2n) is 7.00. The summed E-state index contributed by atoms with van der Waals surface area (Å²) in [4.78, 5) is 13.1. The highest BCUT2D eigenvalue weighted by Gasteiger charge is 2.38. The first-order valence-electron chi connectivity index (χ1n) is 9.68. The summed E-state index contributed by atoms with van der Waals surface area (Å²) < 4.78 is 20.6. The number of benzene rings is 2. The summed E-state index contributed by atoms with van der Waals surface area (Å²) in [6, 6.07) is 18.9. The molecular formula is C22H18FN5O2S. The number of nitrogens with zero attached hydrogens (tertiary/aromatic N) is 3. The molecule has 2 aromatic heterocycles. The molecule has 0 spiro atoms. The van der Waals surface area contributed by atoms with E-state index < -0.39 is 11.3 Å². The van der Waals surface area contributed by atoms with E-state index in [2.05, 4.69) is 20.9 Å². The van der Waals surface area contributed by atoms with E-state index in [1.54, 1.807) is 35.2 Å². The first-order chi connectivity index (χ1) is 15.2. The van der Waals surface area contributed by atoms with Gasteiger partial charge in [-0.05, 0) is 29.8 Å². The Balaban J connectivity index is 1.47. The zero-order chi connectivity index (χ0) is 21.2. The van der Waals surface area contributed by atoms with Crippen LogP contribution >= 0.6 is 11.8 Å². The van der Waals surface area contributed by atoms with Crippen LogP contribution in [0.1, 0.15) is 17.4 Å². The quantitative estimate of drug-likeness (QED) is 0.497. The molecule has 4 aromatic rings. The van der Waals surface area contributed by atoms with Crippen LogP contribution in [0.15, 0.2) is 82.6 Å². The van der Waals surface area contributed by atoms with Gasteiger partial charge in [-0.3, -0.25) is 4.79 Å². The fraction of sp³-hybridized carbons (Fsp3) is 0.136. The Labute approximate surface area is 181 Å². The molecule has 0 aliphatic carbocycles. The first-order valence-corrected chi connectivity index (χ1v) is 10.6. The van der Waals surface area contributed by atoms with E-state index >= 15 is 0 Å². The molecule has 1 aliphatic rings. The Morgan fingerprint density at radius 2 is 1.90 bits per heavy atom. The minimum atomic E-state index is -0.541. The number of amides is 1. The van der Waals surface area contributed by atoms with Crippen molar-refractivity contribution in [2.75, 3.05) is 5.43 Å². The standard InChI is InChI=1S/C22H18FN5O2S/c23-16-10-8-14(9-11-16)18-19(21(29)24-13-17-7-4-12-30-17)31-22-26-25-20(28(22)27-18)15-5-2-1-3-6-15/h1-12,18-19,27H,13H2,(H,24,29)/t18-,19-/m1/s1. The van der Waals surface area contributed by atoms with Crippen LogP contribution in [0.3, 0.4) is 0 Å². The molecule has 5 rings (SSSR count). The van der Waals surface area contributed by atoms with Gasteiger partial charge in [-0.1, -0.05) is 54.2 Å². The highest BCUT2D eigenvalue weighted by atomic mass is 32.2. The third-order valence-corrected chi connectivity index (χ3v) is 6.19. The van der Waals surface area contributed by atoms with Gasteiger partial charge >= 0.3 is 0 Å². The van der Waals surface area contributed by atoms with Gasteiger partial charge in [-0.2, -0.15) is 0 Å². The molecule has 156 valence electrons. The number of carbonyl (C=O) groups excluding carboxylic acids is 1. The summed E-state index contributed by atoms with van der Waals surface area (Å²) in [7, 11) is 0. The van der Waals surface area contributed by atoms with E-state index in [0.717, 1.165) is 11.1 Å². The molecule has 0 fully saturated rings. The van der Waals surface area contributed by atoms with Crippen molar-refractivity contribution in [2.45, 2.75) is 23.0 Å². The number of thioether (sulfide) groups is 1. The zero-order valence-corrected chi connectivity index (χ0v) is 17.1. The van der Waals surface area contributed by atoms with Gasteiger partial charge in [0.05, 0.1) is 18.8 Å². The molecule has 0 radical (unpaired) electrons. The maximum Gasteiger partial charge on any atom is 0.236 e. The zero-order valence-electron chi connectivity index (χ0n) is 16.2. The van der Waals surface area contributed by atoms with Gasteiger partial charge in [-0.25, -0.2) is 9.07 Å². The summed E-state index contributed by atoms with van der Waals surface area (Å²) >= 11 is 1.32. The summed E-state index contributed by atoms with van der Waals surface area (Å²) in [5.74, 6) is 0.791. The molecule has 2 aromatic carbocycles. The van der Waals surface area contributed by atoms with Crippen LogP contribution in [-0.2, 0) is 11.3 Å². The van der Waals surface area contributed by atoms with Crippen LogP contribution in [0.5, 0.6) is 0 Å². The number of hydrogen-bond donors (Lipinski definition) is 2. The van der Waals surface area contributed by atoms with Gasteiger partial charge in [0, 0.05) is 5.56 Å². The predicted molar refractivity (Wildman–Crippen MR) is 114 cm³/mol. The Morgan fingerprint density at radius 1 is 1.10 bits per heavy atom. The van der Waals surface area contributed by atoms with Gasteiger partial charge in [0.1, 0.15) is 16.8 Å². The van der Waals surface area contributed by atoms with Crippen LogP contribution in [0, 0.1) is 5.82 Å². The second kappa shape index (κ2) is 8.27. The largest absolute Gasteiger partial charge is 0.467 e. The minimum Gasteiger partial charge on any atom is -0.467 e. The lowest BCUT2D eigenvalue weighted by molar-refractivity contribution is -0.121. The summed E-state index contributed by atoms with van der Waals surface area (Å²) in [6.45, 7) is 0.279. The molecule has 0 saturated carbocycles. The number of hydrogen-bond acceptors (Lipinski definition) is 6. The van der Waals surface area contributed by atoms with Crippen molar-refractivity contribution in [3.8, 4) is 11.4 Å². The summed E-state index contributed by atoms with van der Waals surface area (Å²) in [6.07, 6.45) is 1.56. The van der Waals surface area contributed by atoms with Gasteiger partial charge in [0.2, 0.25) is 11.1 Å². The summed E-state index contributed by atoms with van der Waals surface area (Å²) in [5, 5.41) is 11.5. The van der Waals surface area contributed by atoms with E-state index in [-0.39, 0.29) is 18.3 Å². The number of nitrogens with one attached hydrogen (secondary N) is 2. The Morgan fingerprint density at radius 3 is 2.65 bits per heavy atom. The Kier molecular flexibility index (Phi) is 5.17. The SMILES string of the molecule is O=C(NCc1ccco1)[C@@H]1Sc2nnc(-c3ccccc3)n2N[C@@H]1c1ccc(F)cc1. The first kappa shape index (κ1) is 19.4. The highest BCUT2D eigenvalue weighted by Crippen LogP contribution is 2.38. The Hall–Kier alpha value is -3.59. The maximum absolute atomic E-state index is 13.5. The number of carbonyl (C=O) groups is 1. The number of halogens is 1. The topological polar surface area (TPSA) is 85.0 Å². The fourth-order valence-electron chi connectivity index (χ4n) is 3.44. The van der Waals surface area contributed by atoms with E-state index in [0.29, 0.717) is 16.7 Å². The van der Waals surface area contributed by atoms with Crippen molar-refractivity contribution in [1.82, 2.24) is 20.2 Å². The van der Waals surface area contributed by atoms with Crippen LogP contribution in [0.4, 0.5) is 4.39 Å². The molecule has 2 atom stereocenters. The fourth-order valence-corrected chi connectivity index (χ4v) is 4.54.